The van der Waals surface area contributed by atoms with Gasteiger partial charge in [0, 0.05) is 25.9 Å². The van der Waals surface area contributed by atoms with E-state index in [1.807, 2.05) is 18.0 Å². The molecule has 1 aliphatic rings. The molecule has 5 nitrogen and oxygen atoms in total. The van der Waals surface area contributed by atoms with Crippen molar-refractivity contribution in [1.29, 1.82) is 0 Å². The zero-order valence-corrected chi connectivity index (χ0v) is 9.80. The molecule has 0 radical (unpaired) electrons. The Morgan fingerprint density at radius 1 is 1.38 bits per heavy atom. The van der Waals surface area contributed by atoms with Crippen LogP contribution in [0.25, 0.3) is 0 Å². The Kier molecular flexibility index (Phi) is 4.30. The van der Waals surface area contributed by atoms with Gasteiger partial charge in [0.1, 0.15) is 0 Å². The predicted octanol–water partition coefficient (Wildman–Crippen LogP) is 0.825. The number of aromatic nitrogens is 3. The molecule has 1 fully saturated rings. The second-order valence-corrected chi connectivity index (χ2v) is 4.33. The molecule has 16 heavy (non-hydrogen) atoms. The minimum absolute atomic E-state index is 0.480. The van der Waals surface area contributed by atoms with E-state index in [0.717, 1.165) is 13.1 Å². The van der Waals surface area contributed by atoms with Gasteiger partial charge in [-0.1, -0.05) is 5.21 Å². The van der Waals surface area contributed by atoms with Crippen molar-refractivity contribution in [2.45, 2.75) is 44.4 Å². The van der Waals surface area contributed by atoms with E-state index in [0.29, 0.717) is 12.1 Å². The summed E-state index contributed by atoms with van der Waals surface area (Å²) in [6.07, 6.45) is 8.88. The fourth-order valence-corrected chi connectivity index (χ4v) is 2.24. The maximum atomic E-state index is 5.35. The highest BCUT2D eigenvalue weighted by molar-refractivity contribution is 4.77. The Morgan fingerprint density at radius 3 is 2.81 bits per heavy atom. The summed E-state index contributed by atoms with van der Waals surface area (Å²) in [5, 5.41) is 11.3. The molecule has 0 aromatic carbocycles. The number of hydrogen-bond donors (Lipinski definition) is 1. The number of ether oxygens (including phenoxy) is 1. The van der Waals surface area contributed by atoms with Crippen LogP contribution in [0.2, 0.25) is 0 Å². The molecule has 1 aromatic heterocycles. The summed E-state index contributed by atoms with van der Waals surface area (Å²) in [5.41, 5.74) is 0. The molecule has 0 atom stereocenters. The number of nitrogens with one attached hydrogen (secondary N) is 1. The number of nitrogens with zero attached hydrogens (tertiary/aromatic N) is 3. The largest absolute Gasteiger partial charge is 0.381 e. The highest BCUT2D eigenvalue weighted by atomic mass is 16.5. The summed E-state index contributed by atoms with van der Waals surface area (Å²) in [6.45, 7) is 1.86. The molecule has 0 unspecified atom stereocenters. The summed E-state index contributed by atoms with van der Waals surface area (Å²) in [6, 6.07) is 0.648. The lowest BCUT2D eigenvalue weighted by atomic mass is 9.93. The fourth-order valence-electron chi connectivity index (χ4n) is 2.24. The lowest BCUT2D eigenvalue weighted by molar-refractivity contribution is 0.0625. The van der Waals surface area contributed by atoms with E-state index in [1.54, 1.807) is 6.20 Å². The molecular formula is C11H20N4O. The molecule has 90 valence electrons. The first-order valence-electron chi connectivity index (χ1n) is 5.99. The first-order valence-corrected chi connectivity index (χ1v) is 5.99. The zero-order valence-electron chi connectivity index (χ0n) is 9.80. The highest BCUT2D eigenvalue weighted by Gasteiger charge is 2.19. The van der Waals surface area contributed by atoms with Crippen LogP contribution in [0.4, 0.5) is 0 Å². The van der Waals surface area contributed by atoms with E-state index in [4.69, 9.17) is 4.74 Å². The van der Waals surface area contributed by atoms with Crippen molar-refractivity contribution in [2.24, 2.45) is 0 Å². The number of hydrogen-bond acceptors (Lipinski definition) is 4. The number of methoxy groups -OCH3 is 1. The Balaban J connectivity index is 1.60. The minimum atomic E-state index is 0.480. The van der Waals surface area contributed by atoms with E-state index >= 15 is 0 Å². The van der Waals surface area contributed by atoms with Gasteiger partial charge in [0.25, 0.3) is 0 Å². The van der Waals surface area contributed by atoms with E-state index in [2.05, 4.69) is 15.6 Å². The molecule has 1 heterocycles. The molecular weight excluding hydrogens is 204 g/mol. The quantitative estimate of drug-likeness (QED) is 0.804. The van der Waals surface area contributed by atoms with Gasteiger partial charge in [0.15, 0.2) is 0 Å². The van der Waals surface area contributed by atoms with Crippen LogP contribution in [-0.2, 0) is 11.3 Å². The Labute approximate surface area is 96.2 Å². The third kappa shape index (κ3) is 3.28. The van der Waals surface area contributed by atoms with Crippen LogP contribution in [0.15, 0.2) is 12.4 Å². The molecule has 0 aliphatic heterocycles. The van der Waals surface area contributed by atoms with Crippen LogP contribution >= 0.6 is 0 Å². The van der Waals surface area contributed by atoms with Crippen molar-refractivity contribution < 1.29 is 4.74 Å². The van der Waals surface area contributed by atoms with Crippen molar-refractivity contribution in [1.82, 2.24) is 20.3 Å². The van der Waals surface area contributed by atoms with Crippen LogP contribution in [0, 0.1) is 0 Å². The van der Waals surface area contributed by atoms with E-state index in [9.17, 15) is 0 Å². The van der Waals surface area contributed by atoms with Gasteiger partial charge < -0.3 is 10.1 Å². The van der Waals surface area contributed by atoms with Crippen molar-refractivity contribution in [3.05, 3.63) is 12.4 Å². The van der Waals surface area contributed by atoms with Gasteiger partial charge in [0.2, 0.25) is 0 Å². The SMILES string of the molecule is COC1CCC(NCCn2ccnn2)CC1. The summed E-state index contributed by atoms with van der Waals surface area (Å²) in [4.78, 5) is 0. The Bertz CT molecular complexity index is 280. The minimum Gasteiger partial charge on any atom is -0.381 e. The topological polar surface area (TPSA) is 52.0 Å². The van der Waals surface area contributed by atoms with E-state index < -0.39 is 0 Å². The molecule has 1 aromatic rings. The summed E-state index contributed by atoms with van der Waals surface area (Å²) < 4.78 is 7.21. The summed E-state index contributed by atoms with van der Waals surface area (Å²) in [5.74, 6) is 0. The molecule has 0 amide bonds. The van der Waals surface area contributed by atoms with Gasteiger partial charge in [-0.2, -0.15) is 0 Å². The van der Waals surface area contributed by atoms with Gasteiger partial charge in [-0.05, 0) is 25.7 Å². The van der Waals surface area contributed by atoms with Crippen LogP contribution in [0.1, 0.15) is 25.7 Å². The standard InChI is InChI=1S/C11H20N4O/c1-16-11-4-2-10(3-5-11)12-6-8-15-9-7-13-14-15/h7,9-12H,2-6,8H2,1H3. The van der Waals surface area contributed by atoms with Crippen molar-refractivity contribution in [2.75, 3.05) is 13.7 Å². The second-order valence-electron chi connectivity index (χ2n) is 4.33. The van der Waals surface area contributed by atoms with E-state index in [1.165, 1.54) is 25.7 Å². The van der Waals surface area contributed by atoms with Crippen LogP contribution < -0.4 is 5.32 Å². The van der Waals surface area contributed by atoms with Gasteiger partial charge >= 0.3 is 0 Å². The predicted molar refractivity (Wildman–Crippen MR) is 61.1 cm³/mol. The van der Waals surface area contributed by atoms with Gasteiger partial charge in [-0.3, -0.25) is 4.68 Å². The normalized spacial score (nSPS) is 25.8. The monoisotopic (exact) mass is 224 g/mol. The Morgan fingerprint density at radius 2 is 2.19 bits per heavy atom. The van der Waals surface area contributed by atoms with Gasteiger partial charge in [0.05, 0.1) is 18.8 Å². The van der Waals surface area contributed by atoms with Crippen LogP contribution in [0.5, 0.6) is 0 Å². The van der Waals surface area contributed by atoms with E-state index in [-0.39, 0.29) is 0 Å². The summed E-state index contributed by atoms with van der Waals surface area (Å²) in [7, 11) is 1.81. The average Bonchev–Trinajstić information content (AvgIpc) is 2.83. The molecule has 1 aliphatic carbocycles. The molecule has 0 bridgehead atoms. The van der Waals surface area contributed by atoms with Crippen molar-refractivity contribution in [3.8, 4) is 0 Å². The maximum absolute atomic E-state index is 5.35. The van der Waals surface area contributed by atoms with Crippen LogP contribution in [0.3, 0.4) is 0 Å². The number of rotatable bonds is 5. The second kappa shape index (κ2) is 5.96. The highest BCUT2D eigenvalue weighted by Crippen LogP contribution is 2.20. The first-order chi connectivity index (χ1) is 7.88. The lowest BCUT2D eigenvalue weighted by Crippen LogP contribution is -2.36. The lowest BCUT2D eigenvalue weighted by Gasteiger charge is -2.28. The Hall–Kier alpha value is -0.940. The zero-order chi connectivity index (χ0) is 11.2. The van der Waals surface area contributed by atoms with Crippen molar-refractivity contribution >= 4 is 0 Å². The fraction of sp³-hybridized carbons (Fsp3) is 0.818. The molecule has 5 heteroatoms. The van der Waals surface area contributed by atoms with Crippen molar-refractivity contribution in [3.63, 3.8) is 0 Å². The smallest absolute Gasteiger partial charge is 0.0692 e. The molecule has 2 rings (SSSR count). The van der Waals surface area contributed by atoms with Gasteiger partial charge in [-0.15, -0.1) is 5.10 Å². The molecule has 0 saturated heterocycles. The summed E-state index contributed by atoms with van der Waals surface area (Å²) >= 11 is 0. The molecule has 1 saturated carbocycles. The first kappa shape index (κ1) is 11.5. The molecule has 1 N–H and O–H groups in total. The maximum Gasteiger partial charge on any atom is 0.0692 e. The van der Waals surface area contributed by atoms with Crippen LogP contribution in [-0.4, -0.2) is 40.8 Å². The van der Waals surface area contributed by atoms with Gasteiger partial charge in [-0.25, -0.2) is 0 Å². The average molecular weight is 224 g/mol. The third-order valence-corrected chi connectivity index (χ3v) is 3.25. The molecule has 0 spiro atoms. The third-order valence-electron chi connectivity index (χ3n) is 3.25.